The number of methoxy groups -OCH3 is 3. The molecule has 1 aromatic heterocycles. The second-order valence-corrected chi connectivity index (χ2v) is 7.68. The van der Waals surface area contributed by atoms with Crippen molar-refractivity contribution in [2.24, 2.45) is 0 Å². The molecule has 0 aliphatic heterocycles. The normalized spacial score (nSPS) is 10.6. The van der Waals surface area contributed by atoms with Gasteiger partial charge in [0.2, 0.25) is 5.75 Å². The predicted octanol–water partition coefficient (Wildman–Crippen LogP) is 5.18. The molecule has 0 saturated carbocycles. The first-order valence-electron chi connectivity index (χ1n) is 10.3. The van der Waals surface area contributed by atoms with Crippen LogP contribution in [0.1, 0.15) is 44.6 Å². The van der Waals surface area contributed by atoms with E-state index in [0.29, 0.717) is 50.3 Å². The lowest BCUT2D eigenvalue weighted by Crippen LogP contribution is -2.11. The van der Waals surface area contributed by atoms with E-state index >= 15 is 0 Å². The van der Waals surface area contributed by atoms with E-state index in [9.17, 15) is 9.59 Å². The number of aromatic nitrogens is 1. The number of carbonyl (C=O) groups excluding carboxylic acids is 2. The minimum absolute atomic E-state index is 0.272. The summed E-state index contributed by atoms with van der Waals surface area (Å²) in [6, 6.07) is 9.98. The van der Waals surface area contributed by atoms with Gasteiger partial charge < -0.3 is 23.5 Å². The highest BCUT2D eigenvalue weighted by atomic mass is 35.5. The molecule has 8 heteroatoms. The van der Waals surface area contributed by atoms with Crippen molar-refractivity contribution in [3.63, 3.8) is 0 Å². The highest BCUT2D eigenvalue weighted by Gasteiger charge is 2.24. The van der Waals surface area contributed by atoms with Gasteiger partial charge >= 0.3 is 5.97 Å². The summed E-state index contributed by atoms with van der Waals surface area (Å²) in [6.07, 6.45) is 0. The number of esters is 1. The van der Waals surface area contributed by atoms with Crippen LogP contribution in [0.15, 0.2) is 36.4 Å². The van der Waals surface area contributed by atoms with Gasteiger partial charge in [0.05, 0.1) is 39.2 Å². The average Bonchev–Trinajstić information content (AvgIpc) is 3.11. The summed E-state index contributed by atoms with van der Waals surface area (Å²) in [7, 11) is 4.47. The quantitative estimate of drug-likeness (QED) is 0.333. The number of hydrogen-bond acceptors (Lipinski definition) is 6. The topological polar surface area (TPSA) is 76.0 Å². The standard InChI is InChI=1S/C25H26ClNO6/c1-7-33-25(29)18-10-14(2)27(15(18)3)20-9-8-17(26)13-19(20)23(28)16-11-21(30-4)24(32-6)22(12-16)31-5/h8-13H,7H2,1-6H3. The number of ether oxygens (including phenoxy) is 4. The number of aryl methyl sites for hydroxylation is 1. The molecule has 33 heavy (non-hydrogen) atoms. The van der Waals surface area contributed by atoms with Crippen LogP contribution in [0.5, 0.6) is 17.2 Å². The maximum absolute atomic E-state index is 13.7. The third-order valence-corrected chi connectivity index (χ3v) is 5.53. The molecule has 3 aromatic rings. The molecule has 0 amide bonds. The molecule has 3 rings (SSSR count). The van der Waals surface area contributed by atoms with Crippen molar-refractivity contribution in [3.8, 4) is 22.9 Å². The molecule has 1 heterocycles. The number of hydrogen-bond donors (Lipinski definition) is 0. The Morgan fingerprint density at radius 3 is 2.09 bits per heavy atom. The van der Waals surface area contributed by atoms with Gasteiger partial charge in [0.15, 0.2) is 17.3 Å². The predicted molar refractivity (Wildman–Crippen MR) is 126 cm³/mol. The van der Waals surface area contributed by atoms with Crippen LogP contribution in [0.2, 0.25) is 5.02 Å². The van der Waals surface area contributed by atoms with Crippen LogP contribution in [0.25, 0.3) is 5.69 Å². The van der Waals surface area contributed by atoms with Crippen LogP contribution in [-0.2, 0) is 4.74 Å². The fraction of sp³-hybridized carbons (Fsp3) is 0.280. The Hall–Kier alpha value is -3.45. The van der Waals surface area contributed by atoms with Crippen LogP contribution >= 0.6 is 11.6 Å². The lowest BCUT2D eigenvalue weighted by Gasteiger charge is -2.17. The molecule has 0 aliphatic carbocycles. The molecular weight excluding hydrogens is 446 g/mol. The van der Waals surface area contributed by atoms with E-state index in [2.05, 4.69) is 0 Å². The van der Waals surface area contributed by atoms with Crippen LogP contribution in [0.3, 0.4) is 0 Å². The Balaban J connectivity index is 2.20. The minimum Gasteiger partial charge on any atom is -0.493 e. The van der Waals surface area contributed by atoms with Crippen molar-refractivity contribution >= 4 is 23.4 Å². The van der Waals surface area contributed by atoms with E-state index in [0.717, 1.165) is 5.69 Å². The van der Waals surface area contributed by atoms with Gasteiger partial charge in [-0.25, -0.2) is 4.79 Å². The minimum atomic E-state index is -0.414. The van der Waals surface area contributed by atoms with Crippen LogP contribution in [-0.4, -0.2) is 44.3 Å². The molecule has 0 N–H and O–H groups in total. The second kappa shape index (κ2) is 10.0. The lowest BCUT2D eigenvalue weighted by molar-refractivity contribution is 0.0525. The smallest absolute Gasteiger partial charge is 0.339 e. The fourth-order valence-electron chi connectivity index (χ4n) is 3.80. The average molecular weight is 472 g/mol. The zero-order chi connectivity index (χ0) is 24.3. The molecule has 174 valence electrons. The third kappa shape index (κ3) is 4.54. The molecule has 0 unspecified atom stereocenters. The van der Waals surface area contributed by atoms with Gasteiger partial charge in [-0.3, -0.25) is 4.79 Å². The van der Waals surface area contributed by atoms with Crippen molar-refractivity contribution in [3.05, 3.63) is 69.5 Å². The molecule has 0 aliphatic rings. The van der Waals surface area contributed by atoms with Gasteiger partial charge in [-0.15, -0.1) is 0 Å². The van der Waals surface area contributed by atoms with Gasteiger partial charge in [-0.2, -0.15) is 0 Å². The summed E-state index contributed by atoms with van der Waals surface area (Å²) >= 11 is 6.27. The van der Waals surface area contributed by atoms with Gasteiger partial charge in [0.25, 0.3) is 0 Å². The van der Waals surface area contributed by atoms with Crippen molar-refractivity contribution in [2.45, 2.75) is 20.8 Å². The molecule has 0 spiro atoms. The second-order valence-electron chi connectivity index (χ2n) is 7.25. The first kappa shape index (κ1) is 24.2. The van der Waals surface area contributed by atoms with E-state index in [1.807, 2.05) is 18.4 Å². The highest BCUT2D eigenvalue weighted by molar-refractivity contribution is 6.31. The van der Waals surface area contributed by atoms with E-state index in [1.165, 1.54) is 21.3 Å². The van der Waals surface area contributed by atoms with E-state index in [-0.39, 0.29) is 12.4 Å². The summed E-state index contributed by atoms with van der Waals surface area (Å²) < 4.78 is 23.2. The van der Waals surface area contributed by atoms with Crippen molar-refractivity contribution in [2.75, 3.05) is 27.9 Å². The number of carbonyl (C=O) groups is 2. The first-order valence-corrected chi connectivity index (χ1v) is 10.7. The number of ketones is 1. The van der Waals surface area contributed by atoms with Crippen LogP contribution < -0.4 is 14.2 Å². The molecule has 0 atom stereocenters. The Labute approximate surface area is 197 Å². The maximum Gasteiger partial charge on any atom is 0.339 e. The first-order chi connectivity index (χ1) is 15.8. The van der Waals surface area contributed by atoms with Crippen LogP contribution in [0.4, 0.5) is 0 Å². The number of benzene rings is 2. The Morgan fingerprint density at radius 2 is 1.55 bits per heavy atom. The third-order valence-electron chi connectivity index (χ3n) is 5.30. The van der Waals surface area contributed by atoms with Crippen molar-refractivity contribution < 1.29 is 28.5 Å². The molecule has 0 bridgehead atoms. The Morgan fingerprint density at radius 1 is 0.909 bits per heavy atom. The van der Waals surface area contributed by atoms with Crippen molar-refractivity contribution in [1.29, 1.82) is 0 Å². The van der Waals surface area contributed by atoms with Crippen molar-refractivity contribution in [1.82, 2.24) is 4.57 Å². The molecule has 2 aromatic carbocycles. The van der Waals surface area contributed by atoms with E-state index in [4.69, 9.17) is 30.5 Å². The number of nitrogens with zero attached hydrogens (tertiary/aromatic N) is 1. The van der Waals surface area contributed by atoms with Crippen LogP contribution in [0, 0.1) is 13.8 Å². The zero-order valence-electron chi connectivity index (χ0n) is 19.4. The molecular formula is C25H26ClNO6. The van der Waals surface area contributed by atoms with Gasteiger partial charge in [0, 0.05) is 27.5 Å². The maximum atomic E-state index is 13.7. The largest absolute Gasteiger partial charge is 0.493 e. The van der Waals surface area contributed by atoms with Gasteiger partial charge in [-0.1, -0.05) is 11.6 Å². The number of rotatable bonds is 8. The fourth-order valence-corrected chi connectivity index (χ4v) is 3.97. The monoisotopic (exact) mass is 471 g/mol. The molecule has 0 radical (unpaired) electrons. The number of halogens is 1. The molecule has 7 nitrogen and oxygen atoms in total. The highest BCUT2D eigenvalue weighted by Crippen LogP contribution is 2.39. The van der Waals surface area contributed by atoms with Gasteiger partial charge in [-0.05, 0) is 57.2 Å². The Kier molecular flexibility index (Phi) is 7.33. The summed E-state index contributed by atoms with van der Waals surface area (Å²) in [4.78, 5) is 26.1. The van der Waals surface area contributed by atoms with E-state index < -0.39 is 5.97 Å². The molecule has 0 saturated heterocycles. The van der Waals surface area contributed by atoms with Gasteiger partial charge in [0.1, 0.15) is 0 Å². The Bertz CT molecular complexity index is 1190. The summed E-state index contributed by atoms with van der Waals surface area (Å²) in [5.41, 5.74) is 3.15. The zero-order valence-corrected chi connectivity index (χ0v) is 20.2. The van der Waals surface area contributed by atoms with E-state index in [1.54, 1.807) is 43.3 Å². The lowest BCUT2D eigenvalue weighted by atomic mass is 10.00. The summed E-state index contributed by atoms with van der Waals surface area (Å²) in [5, 5.41) is 0.405. The molecule has 0 fully saturated rings. The SMILES string of the molecule is CCOC(=O)c1cc(C)n(-c2ccc(Cl)cc2C(=O)c2cc(OC)c(OC)c(OC)c2)c1C. The summed E-state index contributed by atoms with van der Waals surface area (Å²) in [6.45, 7) is 5.69. The summed E-state index contributed by atoms with van der Waals surface area (Å²) in [5.74, 6) is 0.405.